The largest absolute Gasteiger partial charge is 0.451 e. The van der Waals surface area contributed by atoms with Crippen LogP contribution in [0.5, 0.6) is 11.5 Å². The van der Waals surface area contributed by atoms with Crippen molar-refractivity contribution in [2.75, 3.05) is 0 Å². The smallest absolute Gasteiger partial charge is 0.241 e. The lowest BCUT2D eigenvalue weighted by atomic mass is 10.1. The van der Waals surface area contributed by atoms with Gasteiger partial charge in [0.05, 0.1) is 0 Å². The highest BCUT2D eigenvalue weighted by Gasteiger charge is 2.22. The van der Waals surface area contributed by atoms with Gasteiger partial charge in [-0.25, -0.2) is 0 Å². The maximum absolute atomic E-state index is 5.68. The Bertz CT molecular complexity index is 300. The summed E-state index contributed by atoms with van der Waals surface area (Å²) < 4.78 is 11.3. The summed E-state index contributed by atoms with van der Waals surface area (Å²) in [6.07, 6.45) is 2.83. The summed E-state index contributed by atoms with van der Waals surface area (Å²) in [7, 11) is 0. The van der Waals surface area contributed by atoms with Gasteiger partial charge in [-0.1, -0.05) is 12.1 Å². The van der Waals surface area contributed by atoms with Gasteiger partial charge in [0.15, 0.2) is 11.5 Å². The van der Waals surface area contributed by atoms with E-state index in [0.717, 1.165) is 30.8 Å². The van der Waals surface area contributed by atoms with Crippen molar-refractivity contribution >= 4 is 0 Å². The third-order valence-corrected chi connectivity index (χ3v) is 2.47. The molecule has 3 heteroatoms. The molecule has 0 amide bonds. The number of benzene rings is 1. The van der Waals surface area contributed by atoms with Crippen LogP contribution in [0.25, 0.3) is 0 Å². The quantitative estimate of drug-likeness (QED) is 0.824. The Kier molecular flexibility index (Phi) is 3.11. The first-order chi connectivity index (χ1) is 7.25. The van der Waals surface area contributed by atoms with Crippen LogP contribution in [0.4, 0.5) is 0 Å². The number of hydrogen-bond donors (Lipinski definition) is 1. The van der Waals surface area contributed by atoms with Gasteiger partial charge >= 0.3 is 0 Å². The van der Waals surface area contributed by atoms with Crippen molar-refractivity contribution in [3.05, 3.63) is 24.3 Å². The van der Waals surface area contributed by atoms with Crippen LogP contribution in [0.2, 0.25) is 0 Å². The summed E-state index contributed by atoms with van der Waals surface area (Å²) in [5.74, 6) is 1.70. The predicted molar refractivity (Wildman–Crippen MR) is 59.0 cm³/mol. The van der Waals surface area contributed by atoms with Gasteiger partial charge in [0.25, 0.3) is 0 Å². The van der Waals surface area contributed by atoms with Gasteiger partial charge < -0.3 is 15.2 Å². The molecule has 1 aliphatic heterocycles. The van der Waals surface area contributed by atoms with Crippen molar-refractivity contribution < 1.29 is 9.47 Å². The molecule has 2 rings (SSSR count). The van der Waals surface area contributed by atoms with E-state index >= 15 is 0 Å². The molecule has 82 valence electrons. The summed E-state index contributed by atoms with van der Waals surface area (Å²) in [6, 6.07) is 8.02. The fourth-order valence-corrected chi connectivity index (χ4v) is 1.68. The highest BCUT2D eigenvalue weighted by Crippen LogP contribution is 2.35. The Morgan fingerprint density at radius 3 is 2.40 bits per heavy atom. The minimum Gasteiger partial charge on any atom is -0.451 e. The van der Waals surface area contributed by atoms with Crippen molar-refractivity contribution in [2.24, 2.45) is 5.73 Å². The van der Waals surface area contributed by atoms with Crippen LogP contribution in [0.15, 0.2) is 24.3 Å². The van der Waals surface area contributed by atoms with E-state index in [9.17, 15) is 0 Å². The van der Waals surface area contributed by atoms with E-state index in [2.05, 4.69) is 0 Å². The molecule has 0 saturated heterocycles. The second kappa shape index (κ2) is 4.53. The van der Waals surface area contributed by atoms with Gasteiger partial charge in [0.2, 0.25) is 6.29 Å². The number of fused-ring (bicyclic) bond motifs is 1. The SMILES string of the molecule is CC(N)CCCC1Oc2ccccc2O1. The Labute approximate surface area is 90.2 Å². The van der Waals surface area contributed by atoms with E-state index in [4.69, 9.17) is 15.2 Å². The van der Waals surface area contributed by atoms with Crippen LogP contribution in [-0.4, -0.2) is 12.3 Å². The first kappa shape index (κ1) is 10.3. The molecule has 1 aliphatic rings. The van der Waals surface area contributed by atoms with Crippen molar-refractivity contribution in [2.45, 2.75) is 38.5 Å². The van der Waals surface area contributed by atoms with Crippen LogP contribution >= 0.6 is 0 Å². The molecule has 0 bridgehead atoms. The van der Waals surface area contributed by atoms with Crippen molar-refractivity contribution in [1.29, 1.82) is 0 Å². The summed E-state index contributed by atoms with van der Waals surface area (Å²) in [5.41, 5.74) is 5.68. The van der Waals surface area contributed by atoms with E-state index in [-0.39, 0.29) is 12.3 Å². The van der Waals surface area contributed by atoms with E-state index in [1.165, 1.54) is 0 Å². The fraction of sp³-hybridized carbons (Fsp3) is 0.500. The predicted octanol–water partition coefficient (Wildman–Crippen LogP) is 2.30. The maximum Gasteiger partial charge on any atom is 0.241 e. The van der Waals surface area contributed by atoms with Crippen LogP contribution in [-0.2, 0) is 0 Å². The minimum absolute atomic E-state index is 0.124. The topological polar surface area (TPSA) is 44.5 Å². The molecule has 0 radical (unpaired) electrons. The number of nitrogens with two attached hydrogens (primary N) is 1. The van der Waals surface area contributed by atoms with Gasteiger partial charge in [-0.05, 0) is 31.9 Å². The molecule has 0 aromatic heterocycles. The van der Waals surface area contributed by atoms with Crippen molar-refractivity contribution in [3.63, 3.8) is 0 Å². The Morgan fingerprint density at radius 1 is 1.27 bits per heavy atom. The molecule has 3 nitrogen and oxygen atoms in total. The van der Waals surface area contributed by atoms with Gasteiger partial charge in [0.1, 0.15) is 0 Å². The molecule has 1 unspecified atom stereocenters. The number of para-hydroxylation sites is 2. The van der Waals surface area contributed by atoms with Gasteiger partial charge in [-0.2, -0.15) is 0 Å². The van der Waals surface area contributed by atoms with Crippen LogP contribution in [0.1, 0.15) is 26.2 Å². The zero-order chi connectivity index (χ0) is 10.7. The molecule has 1 aromatic carbocycles. The molecular formula is C12H17NO2. The van der Waals surface area contributed by atoms with E-state index < -0.39 is 0 Å². The molecule has 2 N–H and O–H groups in total. The lowest BCUT2D eigenvalue weighted by molar-refractivity contribution is 0.0394. The standard InChI is InChI=1S/C12H17NO2/c1-9(13)5-4-8-12-14-10-6-2-3-7-11(10)15-12/h2-3,6-7,9,12H,4-5,8,13H2,1H3. The molecule has 0 saturated carbocycles. The number of rotatable bonds is 4. The number of hydrogen-bond acceptors (Lipinski definition) is 3. The maximum atomic E-state index is 5.68. The summed E-state index contributed by atoms with van der Waals surface area (Å²) in [4.78, 5) is 0. The second-order valence-electron chi connectivity index (χ2n) is 4.02. The summed E-state index contributed by atoms with van der Waals surface area (Å²) >= 11 is 0. The van der Waals surface area contributed by atoms with Gasteiger partial charge in [0, 0.05) is 12.5 Å². The normalized spacial score (nSPS) is 16.7. The second-order valence-corrected chi connectivity index (χ2v) is 4.02. The summed E-state index contributed by atoms with van der Waals surface area (Å²) in [6.45, 7) is 2.02. The van der Waals surface area contributed by atoms with Gasteiger partial charge in [-0.15, -0.1) is 0 Å². The van der Waals surface area contributed by atoms with Crippen LogP contribution in [0, 0.1) is 0 Å². The number of ether oxygens (including phenoxy) is 2. The lowest BCUT2D eigenvalue weighted by Crippen LogP contribution is -2.20. The van der Waals surface area contributed by atoms with Gasteiger partial charge in [-0.3, -0.25) is 0 Å². The third kappa shape index (κ3) is 2.63. The first-order valence-electron chi connectivity index (χ1n) is 5.43. The molecule has 0 spiro atoms. The summed E-state index contributed by atoms with van der Waals surface area (Å²) in [5, 5.41) is 0. The average molecular weight is 207 g/mol. The van der Waals surface area contributed by atoms with E-state index in [1.54, 1.807) is 0 Å². The minimum atomic E-state index is -0.124. The average Bonchev–Trinajstić information content (AvgIpc) is 2.59. The fourth-order valence-electron chi connectivity index (χ4n) is 1.68. The lowest BCUT2D eigenvalue weighted by Gasteiger charge is -2.10. The van der Waals surface area contributed by atoms with Crippen molar-refractivity contribution in [3.8, 4) is 11.5 Å². The molecule has 0 fully saturated rings. The zero-order valence-corrected chi connectivity index (χ0v) is 8.98. The van der Waals surface area contributed by atoms with Crippen molar-refractivity contribution in [1.82, 2.24) is 0 Å². The third-order valence-electron chi connectivity index (χ3n) is 2.47. The molecule has 1 atom stereocenters. The monoisotopic (exact) mass is 207 g/mol. The molecule has 15 heavy (non-hydrogen) atoms. The molecular weight excluding hydrogens is 190 g/mol. The van der Waals surface area contributed by atoms with Crippen LogP contribution in [0.3, 0.4) is 0 Å². The first-order valence-corrected chi connectivity index (χ1v) is 5.43. The highest BCUT2D eigenvalue weighted by molar-refractivity contribution is 5.41. The van der Waals surface area contributed by atoms with E-state index in [0.29, 0.717) is 0 Å². The zero-order valence-electron chi connectivity index (χ0n) is 8.98. The van der Waals surface area contributed by atoms with Crippen LogP contribution < -0.4 is 15.2 Å². The van der Waals surface area contributed by atoms with E-state index in [1.807, 2.05) is 31.2 Å². The molecule has 1 aromatic rings. The highest BCUT2D eigenvalue weighted by atomic mass is 16.7. The Balaban J connectivity index is 1.80. The molecule has 0 aliphatic carbocycles. The Morgan fingerprint density at radius 2 is 1.87 bits per heavy atom. The molecule has 1 heterocycles. The Hall–Kier alpha value is -1.22.